The molecule has 1 aromatic carbocycles. The lowest BCUT2D eigenvalue weighted by molar-refractivity contribution is 0.585. The number of hydrogen-bond donors (Lipinski definition) is 0. The molecular formula is C19H22N2O2S3. The number of aromatic nitrogens is 2. The summed E-state index contributed by atoms with van der Waals surface area (Å²) < 4.78 is 14.1. The van der Waals surface area contributed by atoms with Crippen molar-refractivity contribution in [3.63, 3.8) is 0 Å². The van der Waals surface area contributed by atoms with E-state index >= 15 is 0 Å². The van der Waals surface area contributed by atoms with Crippen LogP contribution < -0.4 is 5.56 Å². The third-order valence-electron chi connectivity index (χ3n) is 3.97. The van der Waals surface area contributed by atoms with Crippen molar-refractivity contribution in [3.8, 4) is 0 Å². The number of thiophene rings is 1. The second-order valence-corrected chi connectivity index (χ2v) is 9.60. The Morgan fingerprint density at radius 1 is 1.23 bits per heavy atom. The summed E-state index contributed by atoms with van der Waals surface area (Å²) in [4.78, 5) is 20.4. The van der Waals surface area contributed by atoms with E-state index in [9.17, 15) is 9.00 Å². The number of thioether (sulfide) groups is 1. The van der Waals surface area contributed by atoms with Gasteiger partial charge in [0.1, 0.15) is 4.83 Å². The van der Waals surface area contributed by atoms with Gasteiger partial charge in [-0.05, 0) is 31.0 Å². The zero-order valence-corrected chi connectivity index (χ0v) is 17.4. The lowest BCUT2D eigenvalue weighted by atomic mass is 10.3. The molecule has 0 N–H and O–H groups in total. The van der Waals surface area contributed by atoms with E-state index in [2.05, 4.69) is 13.8 Å². The van der Waals surface area contributed by atoms with Gasteiger partial charge in [0.15, 0.2) is 5.16 Å². The summed E-state index contributed by atoms with van der Waals surface area (Å²) in [6.07, 6.45) is 1.79. The van der Waals surface area contributed by atoms with Crippen LogP contribution in [-0.4, -0.2) is 25.3 Å². The molecule has 7 heteroatoms. The zero-order valence-electron chi connectivity index (χ0n) is 14.9. The van der Waals surface area contributed by atoms with Crippen LogP contribution in [0, 0.1) is 0 Å². The fourth-order valence-corrected chi connectivity index (χ4v) is 5.97. The highest BCUT2D eigenvalue weighted by Gasteiger charge is 2.14. The molecule has 3 aromatic rings. The van der Waals surface area contributed by atoms with E-state index in [4.69, 9.17) is 4.98 Å². The van der Waals surface area contributed by atoms with Crippen molar-refractivity contribution in [1.29, 1.82) is 0 Å². The van der Waals surface area contributed by atoms with E-state index in [0.29, 0.717) is 18.1 Å². The molecule has 138 valence electrons. The van der Waals surface area contributed by atoms with Gasteiger partial charge in [0, 0.05) is 27.8 Å². The maximum atomic E-state index is 12.8. The van der Waals surface area contributed by atoms with Gasteiger partial charge < -0.3 is 0 Å². The summed E-state index contributed by atoms with van der Waals surface area (Å²) in [7, 11) is -1.03. The Morgan fingerprint density at radius 2 is 2.00 bits per heavy atom. The van der Waals surface area contributed by atoms with Crippen molar-refractivity contribution in [2.24, 2.45) is 0 Å². The Balaban J connectivity index is 1.81. The van der Waals surface area contributed by atoms with Gasteiger partial charge in [-0.15, -0.1) is 11.3 Å². The van der Waals surface area contributed by atoms with E-state index in [0.717, 1.165) is 33.1 Å². The maximum Gasteiger partial charge on any atom is 0.262 e. The van der Waals surface area contributed by atoms with Gasteiger partial charge in [-0.25, -0.2) is 4.98 Å². The summed E-state index contributed by atoms with van der Waals surface area (Å²) in [6.45, 7) is 4.80. The van der Waals surface area contributed by atoms with Gasteiger partial charge in [0.25, 0.3) is 5.56 Å². The average molecular weight is 407 g/mol. The van der Waals surface area contributed by atoms with Gasteiger partial charge in [0.05, 0.1) is 16.2 Å². The third-order valence-corrected chi connectivity index (χ3v) is 7.75. The molecule has 0 unspecified atom stereocenters. The Kier molecular flexibility index (Phi) is 6.67. The molecule has 0 aliphatic heterocycles. The molecule has 0 spiro atoms. The molecule has 0 amide bonds. The Bertz CT molecular complexity index is 964. The summed E-state index contributed by atoms with van der Waals surface area (Å²) in [5.41, 5.74) is 0.0412. The molecule has 0 bridgehead atoms. The second kappa shape index (κ2) is 8.97. The Morgan fingerprint density at radius 3 is 2.69 bits per heavy atom. The van der Waals surface area contributed by atoms with Crippen molar-refractivity contribution in [3.05, 3.63) is 51.6 Å². The molecule has 0 saturated carbocycles. The van der Waals surface area contributed by atoms with Crippen LogP contribution in [0.25, 0.3) is 10.2 Å². The number of benzene rings is 1. The predicted molar refractivity (Wildman–Crippen MR) is 112 cm³/mol. The summed E-state index contributed by atoms with van der Waals surface area (Å²) in [6, 6.07) is 11.5. The fourth-order valence-electron chi connectivity index (χ4n) is 2.65. The normalized spacial score (nSPS) is 12.5. The van der Waals surface area contributed by atoms with Crippen LogP contribution in [-0.2, 0) is 23.8 Å². The molecule has 4 nitrogen and oxygen atoms in total. The van der Waals surface area contributed by atoms with Crippen LogP contribution >= 0.6 is 23.1 Å². The standard InChI is InChI=1S/C19H22N2O2S3/c1-3-10-21-18(22)16-13-14(4-2)25-17(16)20-19(21)24-11-12-26(23)15-8-6-5-7-9-15/h5-9,13H,3-4,10-12H2,1-2H3/t26-/m0/s1. The molecule has 0 aliphatic carbocycles. The van der Waals surface area contributed by atoms with Gasteiger partial charge in [0.2, 0.25) is 0 Å². The van der Waals surface area contributed by atoms with Gasteiger partial charge in [-0.1, -0.05) is 43.8 Å². The third kappa shape index (κ3) is 4.27. The van der Waals surface area contributed by atoms with Crippen molar-refractivity contribution >= 4 is 44.1 Å². The fraction of sp³-hybridized carbons (Fsp3) is 0.368. The predicted octanol–water partition coefficient (Wildman–Crippen LogP) is 4.33. The van der Waals surface area contributed by atoms with Gasteiger partial charge in [-0.2, -0.15) is 0 Å². The monoisotopic (exact) mass is 406 g/mol. The highest BCUT2D eigenvalue weighted by Crippen LogP contribution is 2.25. The molecule has 1 atom stereocenters. The topological polar surface area (TPSA) is 52.0 Å². The van der Waals surface area contributed by atoms with Crippen molar-refractivity contribution in [2.75, 3.05) is 11.5 Å². The first-order valence-corrected chi connectivity index (χ1v) is 11.9. The van der Waals surface area contributed by atoms with Gasteiger partial charge in [-0.3, -0.25) is 13.6 Å². The van der Waals surface area contributed by atoms with Crippen LogP contribution in [0.1, 0.15) is 25.1 Å². The molecule has 0 aliphatic rings. The average Bonchev–Trinajstić information content (AvgIpc) is 3.09. The number of hydrogen-bond acceptors (Lipinski definition) is 5. The highest BCUT2D eigenvalue weighted by atomic mass is 32.2. The van der Waals surface area contributed by atoms with Crippen molar-refractivity contribution in [2.45, 2.75) is 43.3 Å². The number of rotatable bonds is 8. The quantitative estimate of drug-likeness (QED) is 0.413. The summed E-state index contributed by atoms with van der Waals surface area (Å²) in [5.74, 6) is 1.20. The molecule has 3 rings (SSSR count). The van der Waals surface area contributed by atoms with E-state index in [1.165, 1.54) is 16.6 Å². The molecule has 0 fully saturated rings. The van der Waals surface area contributed by atoms with E-state index < -0.39 is 10.8 Å². The summed E-state index contributed by atoms with van der Waals surface area (Å²) in [5, 5.41) is 1.46. The van der Waals surface area contributed by atoms with Crippen LogP contribution in [0.4, 0.5) is 0 Å². The lowest BCUT2D eigenvalue weighted by Crippen LogP contribution is -2.23. The number of fused-ring (bicyclic) bond motifs is 1. The largest absolute Gasteiger partial charge is 0.287 e. The second-order valence-electron chi connectivity index (χ2n) is 5.85. The van der Waals surface area contributed by atoms with Gasteiger partial charge >= 0.3 is 0 Å². The van der Waals surface area contributed by atoms with Crippen molar-refractivity contribution < 1.29 is 4.21 Å². The Labute approximate surface area is 164 Å². The van der Waals surface area contributed by atoms with Crippen LogP contribution in [0.15, 0.2) is 51.2 Å². The first-order valence-electron chi connectivity index (χ1n) is 8.73. The molecular weight excluding hydrogens is 384 g/mol. The maximum absolute atomic E-state index is 12.8. The molecule has 26 heavy (non-hydrogen) atoms. The molecule has 0 radical (unpaired) electrons. The highest BCUT2D eigenvalue weighted by molar-refractivity contribution is 8.00. The first-order chi connectivity index (χ1) is 12.6. The Hall–Kier alpha value is -1.44. The van der Waals surface area contributed by atoms with Crippen molar-refractivity contribution in [1.82, 2.24) is 9.55 Å². The minimum atomic E-state index is -1.03. The van der Waals surface area contributed by atoms with Crippen LogP contribution in [0.3, 0.4) is 0 Å². The SMILES string of the molecule is CCCn1c(SCC[S@](=O)c2ccccc2)nc2sc(CC)cc2c1=O. The number of aryl methyl sites for hydroxylation is 1. The van der Waals surface area contributed by atoms with Crippen LogP contribution in [0.5, 0.6) is 0 Å². The lowest BCUT2D eigenvalue weighted by Gasteiger charge is -2.10. The minimum absolute atomic E-state index is 0.0412. The van der Waals surface area contributed by atoms with E-state index in [1.807, 2.05) is 36.4 Å². The van der Waals surface area contributed by atoms with E-state index in [1.54, 1.807) is 15.9 Å². The first kappa shape index (κ1) is 19.3. The number of nitrogens with zero attached hydrogens (tertiary/aromatic N) is 2. The van der Waals surface area contributed by atoms with Crippen LogP contribution in [0.2, 0.25) is 0 Å². The molecule has 2 heterocycles. The minimum Gasteiger partial charge on any atom is -0.287 e. The molecule has 2 aromatic heterocycles. The van der Waals surface area contributed by atoms with E-state index in [-0.39, 0.29) is 5.56 Å². The smallest absolute Gasteiger partial charge is 0.262 e. The summed E-state index contributed by atoms with van der Waals surface area (Å²) >= 11 is 3.11. The molecule has 0 saturated heterocycles. The zero-order chi connectivity index (χ0) is 18.5.